The molecule has 0 saturated carbocycles. The fraction of sp³-hybridized carbons (Fsp3) is 0. The van der Waals surface area contributed by atoms with Crippen LogP contribution < -0.4 is 0 Å². The summed E-state index contributed by atoms with van der Waals surface area (Å²) in [6.45, 7) is 0. The summed E-state index contributed by atoms with van der Waals surface area (Å²) < 4.78 is 15.4. The number of hydrogen-bond acceptors (Lipinski definition) is 2. The number of phenolic OH excluding ortho intramolecular Hbond substituents is 1. The van der Waals surface area contributed by atoms with Crippen molar-refractivity contribution in [2.45, 2.75) is 0 Å². The first-order valence-corrected chi connectivity index (χ1v) is 6.49. The van der Waals surface area contributed by atoms with Crippen molar-refractivity contribution >= 4 is 6.21 Å². The molecule has 3 aromatic rings. The molecule has 0 amide bonds. The van der Waals surface area contributed by atoms with E-state index in [-0.39, 0.29) is 5.75 Å². The predicted octanol–water partition coefficient (Wildman–Crippen LogP) is 3.88. The monoisotopic (exact) mass is 280 g/mol. The Kier molecular flexibility index (Phi) is 3.51. The van der Waals surface area contributed by atoms with Gasteiger partial charge < -0.3 is 5.11 Å². The highest BCUT2D eigenvalue weighted by atomic mass is 19.1. The van der Waals surface area contributed by atoms with Crippen LogP contribution in [0.1, 0.15) is 5.56 Å². The summed E-state index contributed by atoms with van der Waals surface area (Å²) in [5.41, 5.74) is 1.54. The largest absolute Gasteiger partial charge is 0.507 e. The molecule has 0 aliphatic carbocycles. The summed E-state index contributed by atoms with van der Waals surface area (Å²) in [6.07, 6.45) is 4.95. The Morgan fingerprint density at radius 1 is 1.00 bits per heavy atom. The van der Waals surface area contributed by atoms with E-state index < -0.39 is 5.82 Å². The van der Waals surface area contributed by atoms with Crippen LogP contribution in [-0.4, -0.2) is 16.0 Å². The molecular weight excluding hydrogens is 267 g/mol. The van der Waals surface area contributed by atoms with Crippen molar-refractivity contribution in [1.29, 1.82) is 0 Å². The highest BCUT2D eigenvalue weighted by Crippen LogP contribution is 2.32. The maximum atomic E-state index is 13.8. The average Bonchev–Trinajstić information content (AvgIpc) is 3.02. The maximum Gasteiger partial charge on any atom is 0.132 e. The quantitative estimate of drug-likeness (QED) is 0.726. The SMILES string of the molecule is Oc1c(/C=N/n2cccc2)cc(F)cc1-c1ccccc1. The van der Waals surface area contributed by atoms with Gasteiger partial charge in [0.25, 0.3) is 0 Å². The molecule has 0 bridgehead atoms. The normalized spacial score (nSPS) is 11.1. The highest BCUT2D eigenvalue weighted by molar-refractivity contribution is 5.88. The summed E-state index contributed by atoms with van der Waals surface area (Å²) in [4.78, 5) is 0. The third-order valence-corrected chi connectivity index (χ3v) is 3.11. The molecule has 0 aliphatic rings. The van der Waals surface area contributed by atoms with Gasteiger partial charge in [0.2, 0.25) is 0 Å². The topological polar surface area (TPSA) is 37.5 Å². The molecule has 21 heavy (non-hydrogen) atoms. The van der Waals surface area contributed by atoms with Gasteiger partial charge >= 0.3 is 0 Å². The molecule has 3 nitrogen and oxygen atoms in total. The van der Waals surface area contributed by atoms with Crippen LogP contribution in [0.25, 0.3) is 11.1 Å². The van der Waals surface area contributed by atoms with Gasteiger partial charge in [0.15, 0.2) is 0 Å². The van der Waals surface area contributed by atoms with Gasteiger partial charge in [-0.2, -0.15) is 5.10 Å². The van der Waals surface area contributed by atoms with E-state index in [1.807, 2.05) is 42.5 Å². The molecule has 1 N–H and O–H groups in total. The zero-order chi connectivity index (χ0) is 14.7. The maximum absolute atomic E-state index is 13.8. The second-order valence-electron chi connectivity index (χ2n) is 4.56. The molecular formula is C17H13FN2O. The van der Waals surface area contributed by atoms with E-state index in [1.165, 1.54) is 18.3 Å². The van der Waals surface area contributed by atoms with Crippen LogP contribution in [0, 0.1) is 5.82 Å². The predicted molar refractivity (Wildman–Crippen MR) is 80.9 cm³/mol. The van der Waals surface area contributed by atoms with Gasteiger partial charge in [-0.05, 0) is 29.8 Å². The van der Waals surface area contributed by atoms with Crippen molar-refractivity contribution in [3.63, 3.8) is 0 Å². The minimum Gasteiger partial charge on any atom is -0.507 e. The molecule has 0 aliphatic heterocycles. The fourth-order valence-corrected chi connectivity index (χ4v) is 2.09. The third-order valence-electron chi connectivity index (χ3n) is 3.11. The second kappa shape index (κ2) is 5.63. The van der Waals surface area contributed by atoms with Crippen molar-refractivity contribution in [3.05, 3.63) is 78.4 Å². The molecule has 0 unspecified atom stereocenters. The molecule has 0 radical (unpaired) electrons. The lowest BCUT2D eigenvalue weighted by molar-refractivity contribution is 0.474. The molecule has 3 rings (SSSR count). The summed E-state index contributed by atoms with van der Waals surface area (Å²) in [5.74, 6) is -0.404. The van der Waals surface area contributed by atoms with E-state index in [0.717, 1.165) is 5.56 Å². The summed E-state index contributed by atoms with van der Waals surface area (Å²) >= 11 is 0. The van der Waals surface area contributed by atoms with Gasteiger partial charge in [-0.15, -0.1) is 0 Å². The van der Waals surface area contributed by atoms with Gasteiger partial charge in [0.1, 0.15) is 11.6 Å². The van der Waals surface area contributed by atoms with Crippen LogP contribution in [-0.2, 0) is 0 Å². The van der Waals surface area contributed by atoms with Gasteiger partial charge in [-0.25, -0.2) is 9.07 Å². The molecule has 0 atom stereocenters. The van der Waals surface area contributed by atoms with Crippen LogP contribution in [0.3, 0.4) is 0 Å². The zero-order valence-electron chi connectivity index (χ0n) is 11.1. The van der Waals surface area contributed by atoms with Crippen molar-refractivity contribution < 1.29 is 9.50 Å². The Morgan fingerprint density at radius 3 is 2.43 bits per heavy atom. The van der Waals surface area contributed by atoms with Crippen LogP contribution in [0.5, 0.6) is 5.75 Å². The minimum atomic E-state index is -0.416. The number of halogens is 1. The first kappa shape index (κ1) is 13.1. The average molecular weight is 280 g/mol. The molecule has 0 spiro atoms. The summed E-state index contributed by atoms with van der Waals surface area (Å²) in [6, 6.07) is 15.4. The molecule has 0 fully saturated rings. The molecule has 1 aromatic heterocycles. The Morgan fingerprint density at radius 2 is 1.71 bits per heavy atom. The van der Waals surface area contributed by atoms with E-state index in [9.17, 15) is 9.50 Å². The Balaban J connectivity index is 2.04. The summed E-state index contributed by atoms with van der Waals surface area (Å²) in [7, 11) is 0. The number of benzene rings is 2. The lowest BCUT2D eigenvalue weighted by Gasteiger charge is -2.08. The van der Waals surface area contributed by atoms with E-state index >= 15 is 0 Å². The molecule has 104 valence electrons. The third kappa shape index (κ3) is 2.84. The first-order chi connectivity index (χ1) is 10.2. The first-order valence-electron chi connectivity index (χ1n) is 6.49. The second-order valence-corrected chi connectivity index (χ2v) is 4.56. The number of phenols is 1. The number of hydrogen-bond donors (Lipinski definition) is 1. The Bertz CT molecular complexity index is 765. The standard InChI is InChI=1S/C17H13FN2O/c18-15-10-14(12-19-20-8-4-5-9-20)17(21)16(11-15)13-6-2-1-3-7-13/h1-12,21H/b19-12+. The lowest BCUT2D eigenvalue weighted by atomic mass is 10.0. The molecule has 4 heteroatoms. The van der Waals surface area contributed by atoms with Crippen LogP contribution >= 0.6 is 0 Å². The van der Waals surface area contributed by atoms with E-state index in [4.69, 9.17) is 0 Å². The van der Waals surface area contributed by atoms with Crippen LogP contribution in [0.2, 0.25) is 0 Å². The fourth-order valence-electron chi connectivity index (χ4n) is 2.09. The van der Waals surface area contributed by atoms with Gasteiger partial charge in [-0.1, -0.05) is 30.3 Å². The van der Waals surface area contributed by atoms with Crippen molar-refractivity contribution in [2.75, 3.05) is 0 Å². The van der Waals surface area contributed by atoms with Crippen molar-refractivity contribution in [2.24, 2.45) is 5.10 Å². The van der Waals surface area contributed by atoms with Gasteiger partial charge in [-0.3, -0.25) is 0 Å². The minimum absolute atomic E-state index is 0.0125. The zero-order valence-corrected chi connectivity index (χ0v) is 11.1. The van der Waals surface area contributed by atoms with Crippen molar-refractivity contribution in [1.82, 2.24) is 4.68 Å². The summed E-state index contributed by atoms with van der Waals surface area (Å²) in [5, 5.41) is 14.5. The Labute approximate surface area is 121 Å². The smallest absolute Gasteiger partial charge is 0.132 e. The van der Waals surface area contributed by atoms with E-state index in [0.29, 0.717) is 11.1 Å². The number of rotatable bonds is 3. The number of aromatic hydroxyl groups is 1. The van der Waals surface area contributed by atoms with Crippen LogP contribution in [0.15, 0.2) is 72.1 Å². The van der Waals surface area contributed by atoms with Gasteiger partial charge in [0, 0.05) is 23.5 Å². The van der Waals surface area contributed by atoms with Crippen molar-refractivity contribution in [3.8, 4) is 16.9 Å². The molecule has 1 heterocycles. The van der Waals surface area contributed by atoms with E-state index in [1.54, 1.807) is 17.1 Å². The Hall–Kier alpha value is -2.88. The van der Waals surface area contributed by atoms with Gasteiger partial charge in [0.05, 0.1) is 6.21 Å². The highest BCUT2D eigenvalue weighted by Gasteiger charge is 2.10. The van der Waals surface area contributed by atoms with E-state index in [2.05, 4.69) is 5.10 Å². The molecule has 0 saturated heterocycles. The lowest BCUT2D eigenvalue weighted by Crippen LogP contribution is -1.92. The number of nitrogens with zero attached hydrogens (tertiary/aromatic N) is 2. The van der Waals surface area contributed by atoms with Crippen LogP contribution in [0.4, 0.5) is 4.39 Å². The molecule has 2 aromatic carbocycles. The number of aromatic nitrogens is 1.